The van der Waals surface area contributed by atoms with Crippen molar-refractivity contribution >= 4 is 33.2 Å². The molecule has 0 spiro atoms. The van der Waals surface area contributed by atoms with E-state index in [2.05, 4.69) is 15.2 Å². The third kappa shape index (κ3) is 3.61. The number of aromatic nitrogens is 3. The smallest absolute Gasteiger partial charge is 0.291 e. The lowest BCUT2D eigenvalue weighted by Gasteiger charge is -2.00. The molecule has 27 heavy (non-hydrogen) atoms. The van der Waals surface area contributed by atoms with E-state index in [0.717, 1.165) is 21.3 Å². The number of hydrogen-bond donors (Lipinski definition) is 1. The Morgan fingerprint density at radius 3 is 2.63 bits per heavy atom. The molecule has 0 bridgehead atoms. The molecule has 2 aromatic heterocycles. The zero-order chi connectivity index (χ0) is 18.8. The minimum absolute atomic E-state index is 0.0826. The lowest BCUT2D eigenvalue weighted by molar-refractivity contribution is -0.118. The average Bonchev–Trinajstić information content (AvgIpc) is 3.33. The largest absolute Gasteiger partial charge is 0.418 e. The van der Waals surface area contributed by atoms with Crippen LogP contribution in [0.3, 0.4) is 0 Å². The van der Waals surface area contributed by atoms with E-state index in [0.29, 0.717) is 0 Å². The second-order valence-electron chi connectivity index (χ2n) is 5.86. The molecule has 4 rings (SSSR count). The van der Waals surface area contributed by atoms with Crippen LogP contribution >= 0.6 is 11.3 Å². The second kappa shape index (κ2) is 7.08. The van der Waals surface area contributed by atoms with Crippen LogP contribution in [0.25, 0.3) is 21.3 Å². The minimum atomic E-state index is -0.471. The number of ketones is 1. The number of carbonyl (C=O) groups is 2. The van der Waals surface area contributed by atoms with Gasteiger partial charge in [0.25, 0.3) is 11.7 Å². The van der Waals surface area contributed by atoms with Gasteiger partial charge in [0.15, 0.2) is 5.01 Å². The summed E-state index contributed by atoms with van der Waals surface area (Å²) in [5.41, 5.74) is 7.97. The molecule has 7 nitrogen and oxygen atoms in total. The standard InChI is InChI=1S/C19H14N4O3S/c20-15(24)8-9-16-22-23-18(26-16)17(25)19-21-13-7-6-12(10-14(13)27-19)11-4-2-1-3-5-11/h1-7,10H,8-9H2,(H2,20,24). The maximum Gasteiger partial charge on any atom is 0.291 e. The van der Waals surface area contributed by atoms with Crippen molar-refractivity contribution in [3.05, 3.63) is 65.3 Å². The predicted octanol–water partition coefficient (Wildman–Crippen LogP) is 3.00. The van der Waals surface area contributed by atoms with E-state index in [9.17, 15) is 9.59 Å². The summed E-state index contributed by atoms with van der Waals surface area (Å²) in [5, 5.41) is 7.81. The van der Waals surface area contributed by atoms with Gasteiger partial charge in [-0.1, -0.05) is 36.4 Å². The van der Waals surface area contributed by atoms with Crippen molar-refractivity contribution in [3.63, 3.8) is 0 Å². The Bertz CT molecular complexity index is 1130. The summed E-state index contributed by atoms with van der Waals surface area (Å²) >= 11 is 1.27. The molecule has 0 aliphatic carbocycles. The van der Waals surface area contributed by atoms with Crippen LogP contribution in [-0.2, 0) is 11.2 Å². The first-order valence-corrected chi connectivity index (χ1v) is 9.03. The third-order valence-corrected chi connectivity index (χ3v) is 4.95. The maximum absolute atomic E-state index is 12.6. The molecule has 2 aromatic carbocycles. The molecule has 2 N–H and O–H groups in total. The van der Waals surface area contributed by atoms with Crippen LogP contribution in [0.2, 0.25) is 0 Å². The zero-order valence-corrected chi connectivity index (χ0v) is 14.9. The van der Waals surface area contributed by atoms with E-state index in [1.54, 1.807) is 0 Å². The van der Waals surface area contributed by atoms with Crippen molar-refractivity contribution in [2.45, 2.75) is 12.8 Å². The molecular weight excluding hydrogens is 364 g/mol. The van der Waals surface area contributed by atoms with Gasteiger partial charge in [-0.05, 0) is 23.3 Å². The lowest BCUT2D eigenvalue weighted by Crippen LogP contribution is -2.11. The van der Waals surface area contributed by atoms with Gasteiger partial charge < -0.3 is 10.2 Å². The Morgan fingerprint density at radius 2 is 1.85 bits per heavy atom. The number of thiazole rings is 1. The number of carbonyl (C=O) groups excluding carboxylic acids is 2. The van der Waals surface area contributed by atoms with Gasteiger partial charge in [0.2, 0.25) is 11.8 Å². The number of primary amides is 1. The maximum atomic E-state index is 12.6. The molecule has 0 fully saturated rings. The van der Waals surface area contributed by atoms with Gasteiger partial charge in [-0.3, -0.25) is 9.59 Å². The molecule has 0 saturated carbocycles. The van der Waals surface area contributed by atoms with Crippen LogP contribution in [-0.4, -0.2) is 26.9 Å². The van der Waals surface area contributed by atoms with Gasteiger partial charge in [-0.15, -0.1) is 21.5 Å². The third-order valence-electron chi connectivity index (χ3n) is 3.94. The monoisotopic (exact) mass is 378 g/mol. The van der Waals surface area contributed by atoms with E-state index < -0.39 is 11.7 Å². The minimum Gasteiger partial charge on any atom is -0.418 e. The normalized spacial score (nSPS) is 11.0. The van der Waals surface area contributed by atoms with Gasteiger partial charge in [-0.2, -0.15) is 0 Å². The number of nitrogens with two attached hydrogens (primary N) is 1. The van der Waals surface area contributed by atoms with E-state index in [1.807, 2.05) is 48.5 Å². The molecule has 8 heteroatoms. The van der Waals surface area contributed by atoms with Crippen molar-refractivity contribution < 1.29 is 14.0 Å². The van der Waals surface area contributed by atoms with Gasteiger partial charge in [-0.25, -0.2) is 4.98 Å². The van der Waals surface area contributed by atoms with Crippen LogP contribution in [0.5, 0.6) is 0 Å². The van der Waals surface area contributed by atoms with E-state index in [-0.39, 0.29) is 29.6 Å². The van der Waals surface area contributed by atoms with E-state index in [1.165, 1.54) is 11.3 Å². The lowest BCUT2D eigenvalue weighted by atomic mass is 10.1. The number of nitrogens with zero attached hydrogens (tertiary/aromatic N) is 3. The number of amides is 1. The number of fused-ring (bicyclic) bond motifs is 1. The van der Waals surface area contributed by atoms with Crippen molar-refractivity contribution in [2.75, 3.05) is 0 Å². The molecule has 4 aromatic rings. The van der Waals surface area contributed by atoms with Gasteiger partial charge in [0, 0.05) is 12.8 Å². The molecule has 134 valence electrons. The van der Waals surface area contributed by atoms with Crippen molar-refractivity contribution in [3.8, 4) is 11.1 Å². The molecule has 2 heterocycles. The first-order valence-electron chi connectivity index (χ1n) is 8.21. The predicted molar refractivity (Wildman–Crippen MR) is 100 cm³/mol. The van der Waals surface area contributed by atoms with Crippen LogP contribution in [0.4, 0.5) is 0 Å². The highest BCUT2D eigenvalue weighted by molar-refractivity contribution is 7.20. The van der Waals surface area contributed by atoms with E-state index >= 15 is 0 Å². The SMILES string of the molecule is NC(=O)CCc1nnc(C(=O)c2nc3ccc(-c4ccccc4)cc3s2)o1. The molecule has 1 amide bonds. The fraction of sp³-hybridized carbons (Fsp3) is 0.105. The van der Waals surface area contributed by atoms with Crippen LogP contribution in [0, 0.1) is 0 Å². The Morgan fingerprint density at radius 1 is 1.04 bits per heavy atom. The molecule has 0 radical (unpaired) electrons. The summed E-state index contributed by atoms with van der Waals surface area (Å²) in [4.78, 5) is 27.8. The van der Waals surface area contributed by atoms with Gasteiger partial charge >= 0.3 is 0 Å². The van der Waals surface area contributed by atoms with Gasteiger partial charge in [0.05, 0.1) is 10.2 Å². The zero-order valence-electron chi connectivity index (χ0n) is 14.1. The van der Waals surface area contributed by atoms with Crippen molar-refractivity contribution in [1.82, 2.24) is 15.2 Å². The summed E-state index contributed by atoms with van der Waals surface area (Å²) in [5.74, 6) is -0.849. The van der Waals surface area contributed by atoms with Crippen LogP contribution in [0.1, 0.15) is 28.0 Å². The summed E-state index contributed by atoms with van der Waals surface area (Å²) in [6, 6.07) is 15.8. The average molecular weight is 378 g/mol. The summed E-state index contributed by atoms with van der Waals surface area (Å²) in [6.07, 6.45) is 0.287. The second-order valence-corrected chi connectivity index (χ2v) is 6.89. The number of benzene rings is 2. The number of aryl methyl sites for hydroxylation is 1. The van der Waals surface area contributed by atoms with Crippen LogP contribution < -0.4 is 5.73 Å². The number of hydrogen-bond acceptors (Lipinski definition) is 7. The topological polar surface area (TPSA) is 112 Å². The molecule has 0 atom stereocenters. The molecule has 0 saturated heterocycles. The molecule has 0 unspecified atom stereocenters. The molecule has 0 aliphatic rings. The first kappa shape index (κ1) is 17.0. The Kier molecular flexibility index (Phi) is 4.47. The van der Waals surface area contributed by atoms with Crippen molar-refractivity contribution in [2.24, 2.45) is 5.73 Å². The summed E-state index contributed by atoms with van der Waals surface area (Å²) < 4.78 is 6.22. The first-order chi connectivity index (χ1) is 13.1. The Balaban J connectivity index is 1.60. The molecular formula is C19H14N4O3S. The molecule has 0 aliphatic heterocycles. The summed E-state index contributed by atoms with van der Waals surface area (Å²) in [7, 11) is 0. The quantitative estimate of drug-likeness (QED) is 0.516. The summed E-state index contributed by atoms with van der Waals surface area (Å²) in [6.45, 7) is 0. The van der Waals surface area contributed by atoms with Crippen LogP contribution in [0.15, 0.2) is 52.9 Å². The van der Waals surface area contributed by atoms with Crippen molar-refractivity contribution in [1.29, 1.82) is 0 Å². The van der Waals surface area contributed by atoms with Gasteiger partial charge in [0.1, 0.15) is 0 Å². The Hall–Kier alpha value is -3.39. The number of rotatable bonds is 6. The Labute approximate surface area is 157 Å². The highest BCUT2D eigenvalue weighted by Crippen LogP contribution is 2.29. The van der Waals surface area contributed by atoms with E-state index in [4.69, 9.17) is 10.2 Å². The highest BCUT2D eigenvalue weighted by atomic mass is 32.1. The fourth-order valence-electron chi connectivity index (χ4n) is 2.60. The highest BCUT2D eigenvalue weighted by Gasteiger charge is 2.21. The fourth-order valence-corrected chi connectivity index (χ4v) is 3.54.